The predicted molar refractivity (Wildman–Crippen MR) is 92.2 cm³/mol. The maximum atomic E-state index is 12.2. The molecule has 2 aromatic heterocycles. The number of aromatic amines is 1. The van der Waals surface area contributed by atoms with Crippen molar-refractivity contribution in [2.24, 2.45) is 0 Å². The van der Waals surface area contributed by atoms with Gasteiger partial charge in [0, 0.05) is 12.0 Å². The number of hydrogen-bond donors (Lipinski definition) is 1. The van der Waals surface area contributed by atoms with E-state index >= 15 is 0 Å². The topological polar surface area (TPSA) is 76.5 Å². The van der Waals surface area contributed by atoms with Crippen molar-refractivity contribution in [2.75, 3.05) is 0 Å². The Balaban J connectivity index is 1.42. The number of aromatic nitrogens is 5. The van der Waals surface area contributed by atoms with Gasteiger partial charge in [-0.15, -0.1) is 10.2 Å². The molecule has 0 aliphatic heterocycles. The van der Waals surface area contributed by atoms with Gasteiger partial charge in [0.05, 0.1) is 16.7 Å². The summed E-state index contributed by atoms with van der Waals surface area (Å²) in [7, 11) is 0. The monoisotopic (exact) mass is 339 g/mol. The summed E-state index contributed by atoms with van der Waals surface area (Å²) in [5.74, 6) is 3.03. The zero-order valence-electron chi connectivity index (χ0n) is 13.1. The van der Waals surface area contributed by atoms with Gasteiger partial charge in [-0.25, -0.2) is 4.98 Å². The molecule has 1 aromatic carbocycles. The van der Waals surface area contributed by atoms with Crippen molar-refractivity contribution in [2.45, 2.75) is 48.6 Å². The van der Waals surface area contributed by atoms with Crippen LogP contribution in [0.2, 0.25) is 0 Å². The smallest absolute Gasteiger partial charge is 0.258 e. The SMILES string of the molecule is O=c1[nH]c(CSc2nnc(C3CC3)n2C2CC2)nc2ccccc12. The largest absolute Gasteiger partial charge is 0.309 e. The summed E-state index contributed by atoms with van der Waals surface area (Å²) in [5, 5.41) is 10.4. The quantitative estimate of drug-likeness (QED) is 0.723. The highest BCUT2D eigenvalue weighted by Gasteiger charge is 2.36. The van der Waals surface area contributed by atoms with Crippen LogP contribution in [0.5, 0.6) is 0 Å². The highest BCUT2D eigenvalue weighted by Crippen LogP contribution is 2.46. The second-order valence-corrected chi connectivity index (χ2v) is 7.48. The van der Waals surface area contributed by atoms with Gasteiger partial charge in [0.15, 0.2) is 5.16 Å². The molecule has 2 saturated carbocycles. The van der Waals surface area contributed by atoms with E-state index in [0.29, 0.717) is 28.9 Å². The average molecular weight is 339 g/mol. The van der Waals surface area contributed by atoms with Gasteiger partial charge in [-0.3, -0.25) is 4.79 Å². The average Bonchev–Trinajstić information content (AvgIpc) is 3.52. The van der Waals surface area contributed by atoms with E-state index in [2.05, 4.69) is 24.7 Å². The number of hydrogen-bond acceptors (Lipinski definition) is 5. The van der Waals surface area contributed by atoms with Crippen molar-refractivity contribution >= 4 is 22.7 Å². The van der Waals surface area contributed by atoms with Crippen LogP contribution in [-0.4, -0.2) is 24.7 Å². The van der Waals surface area contributed by atoms with Gasteiger partial charge in [-0.2, -0.15) is 0 Å². The fourth-order valence-electron chi connectivity index (χ4n) is 3.02. The van der Waals surface area contributed by atoms with Gasteiger partial charge >= 0.3 is 0 Å². The van der Waals surface area contributed by atoms with Gasteiger partial charge in [-0.05, 0) is 37.8 Å². The maximum Gasteiger partial charge on any atom is 0.258 e. The molecule has 2 aliphatic carbocycles. The molecule has 7 heteroatoms. The lowest BCUT2D eigenvalue weighted by Crippen LogP contribution is -2.11. The van der Waals surface area contributed by atoms with Crippen LogP contribution in [0.25, 0.3) is 10.9 Å². The molecule has 24 heavy (non-hydrogen) atoms. The number of H-pyrrole nitrogens is 1. The van der Waals surface area contributed by atoms with Gasteiger partial charge in [-0.1, -0.05) is 23.9 Å². The first-order valence-electron chi connectivity index (χ1n) is 8.35. The molecule has 5 rings (SSSR count). The van der Waals surface area contributed by atoms with Gasteiger partial charge in [0.1, 0.15) is 11.6 Å². The Bertz CT molecular complexity index is 971. The first-order chi connectivity index (χ1) is 11.8. The first kappa shape index (κ1) is 14.2. The van der Waals surface area contributed by atoms with E-state index in [-0.39, 0.29) is 5.56 Å². The van der Waals surface area contributed by atoms with E-state index in [1.165, 1.54) is 25.7 Å². The van der Waals surface area contributed by atoms with Crippen molar-refractivity contribution in [1.82, 2.24) is 24.7 Å². The molecular formula is C17H17N5OS. The third-order valence-corrected chi connectivity index (χ3v) is 5.50. The molecule has 0 atom stereocenters. The molecule has 0 amide bonds. The van der Waals surface area contributed by atoms with E-state index in [1.807, 2.05) is 18.2 Å². The van der Waals surface area contributed by atoms with Crippen molar-refractivity contribution in [3.05, 3.63) is 46.3 Å². The molecule has 2 fully saturated rings. The van der Waals surface area contributed by atoms with E-state index in [4.69, 9.17) is 0 Å². The second-order valence-electron chi connectivity index (χ2n) is 6.53. The van der Waals surface area contributed by atoms with Crippen molar-refractivity contribution in [3.8, 4) is 0 Å². The Hall–Kier alpha value is -2.15. The third-order valence-electron chi connectivity index (χ3n) is 4.55. The van der Waals surface area contributed by atoms with Crippen LogP contribution in [0.15, 0.2) is 34.2 Å². The molecule has 0 bridgehead atoms. The van der Waals surface area contributed by atoms with Crippen LogP contribution in [0.4, 0.5) is 0 Å². The summed E-state index contributed by atoms with van der Waals surface area (Å²) in [6.45, 7) is 0. The summed E-state index contributed by atoms with van der Waals surface area (Å²) in [6, 6.07) is 7.99. The van der Waals surface area contributed by atoms with Crippen LogP contribution in [0.1, 0.15) is 49.3 Å². The Morgan fingerprint density at radius 1 is 1.17 bits per heavy atom. The molecule has 0 unspecified atom stereocenters. The number of rotatable bonds is 5. The number of para-hydroxylation sites is 1. The minimum absolute atomic E-state index is 0.0847. The van der Waals surface area contributed by atoms with E-state index < -0.39 is 0 Å². The van der Waals surface area contributed by atoms with Crippen LogP contribution < -0.4 is 5.56 Å². The van der Waals surface area contributed by atoms with Crippen LogP contribution >= 0.6 is 11.8 Å². The summed E-state index contributed by atoms with van der Waals surface area (Å²) < 4.78 is 2.32. The Labute approximate surface area is 142 Å². The van der Waals surface area contributed by atoms with E-state index in [9.17, 15) is 4.79 Å². The minimum Gasteiger partial charge on any atom is -0.309 e. The Morgan fingerprint density at radius 3 is 2.79 bits per heavy atom. The highest BCUT2D eigenvalue weighted by molar-refractivity contribution is 7.98. The number of fused-ring (bicyclic) bond motifs is 1. The highest BCUT2D eigenvalue weighted by atomic mass is 32.2. The molecular weight excluding hydrogens is 322 g/mol. The molecule has 6 nitrogen and oxygen atoms in total. The second kappa shape index (κ2) is 5.44. The predicted octanol–water partition coefficient (Wildman–Crippen LogP) is 3.02. The molecule has 0 radical (unpaired) electrons. The van der Waals surface area contributed by atoms with Gasteiger partial charge in [0.25, 0.3) is 5.56 Å². The number of benzene rings is 1. The van der Waals surface area contributed by atoms with Crippen LogP contribution in [0.3, 0.4) is 0 Å². The first-order valence-corrected chi connectivity index (χ1v) is 9.33. The number of thioether (sulfide) groups is 1. The summed E-state index contributed by atoms with van der Waals surface area (Å²) >= 11 is 1.61. The van der Waals surface area contributed by atoms with Crippen LogP contribution in [-0.2, 0) is 5.75 Å². The molecule has 2 heterocycles. The summed E-state index contributed by atoms with van der Waals surface area (Å²) in [5.41, 5.74) is 0.651. The van der Waals surface area contributed by atoms with Gasteiger partial charge in [0.2, 0.25) is 0 Å². The molecule has 3 aromatic rings. The molecule has 0 saturated heterocycles. The van der Waals surface area contributed by atoms with Crippen molar-refractivity contribution in [3.63, 3.8) is 0 Å². The fourth-order valence-corrected chi connectivity index (χ4v) is 3.90. The lowest BCUT2D eigenvalue weighted by Gasteiger charge is -2.08. The zero-order valence-corrected chi connectivity index (χ0v) is 13.9. The third kappa shape index (κ3) is 2.53. The standard InChI is InChI=1S/C17H17N5OS/c23-16-12-3-1-2-4-13(12)18-14(19-16)9-24-17-21-20-15(10-5-6-10)22(17)11-7-8-11/h1-4,10-11H,5-9H2,(H,18,19,23). The Kier molecular flexibility index (Phi) is 3.22. The molecule has 122 valence electrons. The summed E-state index contributed by atoms with van der Waals surface area (Å²) in [6.07, 6.45) is 4.90. The maximum absolute atomic E-state index is 12.2. The van der Waals surface area contributed by atoms with Crippen LogP contribution in [0, 0.1) is 0 Å². The molecule has 0 spiro atoms. The van der Waals surface area contributed by atoms with E-state index in [0.717, 1.165) is 16.5 Å². The number of nitrogens with one attached hydrogen (secondary N) is 1. The lowest BCUT2D eigenvalue weighted by atomic mass is 10.2. The molecule has 1 N–H and O–H groups in total. The Morgan fingerprint density at radius 2 is 2.00 bits per heavy atom. The number of nitrogens with zero attached hydrogens (tertiary/aromatic N) is 4. The normalized spacial score (nSPS) is 17.5. The minimum atomic E-state index is -0.0847. The van der Waals surface area contributed by atoms with Gasteiger partial charge < -0.3 is 9.55 Å². The molecule has 2 aliphatic rings. The zero-order chi connectivity index (χ0) is 16.1. The fraction of sp³-hybridized carbons (Fsp3) is 0.412. The van der Waals surface area contributed by atoms with E-state index in [1.54, 1.807) is 17.8 Å². The van der Waals surface area contributed by atoms with Crippen molar-refractivity contribution in [1.29, 1.82) is 0 Å². The summed E-state index contributed by atoms with van der Waals surface area (Å²) in [4.78, 5) is 19.6. The lowest BCUT2D eigenvalue weighted by molar-refractivity contribution is 0.626. The van der Waals surface area contributed by atoms with Crippen molar-refractivity contribution < 1.29 is 0 Å².